The minimum atomic E-state index is -0.470. The first-order valence-corrected chi connectivity index (χ1v) is 8.78. The molecule has 6 heteroatoms. The molecule has 0 aromatic heterocycles. The third-order valence-electron chi connectivity index (χ3n) is 4.70. The van der Waals surface area contributed by atoms with Crippen molar-refractivity contribution in [2.75, 3.05) is 11.9 Å². The molecule has 1 aliphatic heterocycles. The molecule has 0 bridgehead atoms. The second kappa shape index (κ2) is 6.52. The van der Waals surface area contributed by atoms with Crippen LogP contribution in [-0.2, 0) is 4.79 Å². The molecule has 0 fully saturated rings. The van der Waals surface area contributed by atoms with Crippen molar-refractivity contribution >= 4 is 45.8 Å². The average molecular weight is 379 g/mol. The number of carbonyl (C=O) groups is 3. The van der Waals surface area contributed by atoms with E-state index in [4.69, 9.17) is 11.6 Å². The van der Waals surface area contributed by atoms with E-state index >= 15 is 0 Å². The highest BCUT2D eigenvalue weighted by atomic mass is 35.5. The van der Waals surface area contributed by atoms with E-state index < -0.39 is 17.7 Å². The first-order valence-electron chi connectivity index (χ1n) is 8.40. The summed E-state index contributed by atoms with van der Waals surface area (Å²) in [5.74, 6) is -1.40. The number of anilines is 1. The fourth-order valence-electron chi connectivity index (χ4n) is 3.30. The molecule has 134 valence electrons. The molecule has 3 amide bonds. The predicted octanol–water partition coefficient (Wildman–Crippen LogP) is 4.04. The number of hydrogen-bond donors (Lipinski definition) is 1. The number of nitrogens with one attached hydrogen (secondary N) is 1. The van der Waals surface area contributed by atoms with E-state index in [-0.39, 0.29) is 6.54 Å². The van der Waals surface area contributed by atoms with Crippen LogP contribution in [0.15, 0.2) is 54.6 Å². The van der Waals surface area contributed by atoms with E-state index in [0.29, 0.717) is 27.2 Å². The van der Waals surface area contributed by atoms with Crippen LogP contribution in [0.3, 0.4) is 0 Å². The third-order valence-corrected chi connectivity index (χ3v) is 5.11. The van der Waals surface area contributed by atoms with Gasteiger partial charge in [0.2, 0.25) is 5.91 Å². The molecule has 0 radical (unpaired) electrons. The van der Waals surface area contributed by atoms with Gasteiger partial charge in [-0.1, -0.05) is 41.9 Å². The molecule has 1 N–H and O–H groups in total. The molecule has 3 aromatic carbocycles. The molecule has 4 rings (SSSR count). The number of amides is 3. The third kappa shape index (κ3) is 2.86. The number of halogens is 1. The first-order chi connectivity index (χ1) is 13.0. The van der Waals surface area contributed by atoms with E-state index in [1.807, 2.05) is 12.1 Å². The van der Waals surface area contributed by atoms with Gasteiger partial charge in [-0.3, -0.25) is 19.3 Å². The summed E-state index contributed by atoms with van der Waals surface area (Å²) in [5.41, 5.74) is 2.12. The van der Waals surface area contributed by atoms with E-state index in [0.717, 1.165) is 15.8 Å². The highest BCUT2D eigenvalue weighted by Crippen LogP contribution is 2.30. The molecular formula is C21H15ClN2O3. The second-order valence-electron chi connectivity index (χ2n) is 6.37. The average Bonchev–Trinajstić information content (AvgIpc) is 2.67. The normalized spacial score (nSPS) is 13.2. The van der Waals surface area contributed by atoms with E-state index in [1.165, 1.54) is 0 Å². The van der Waals surface area contributed by atoms with Crippen molar-refractivity contribution in [3.8, 4) is 0 Å². The van der Waals surface area contributed by atoms with Crippen LogP contribution in [0.2, 0.25) is 5.02 Å². The van der Waals surface area contributed by atoms with E-state index in [1.54, 1.807) is 49.4 Å². The molecule has 27 heavy (non-hydrogen) atoms. The molecule has 0 saturated carbocycles. The Kier molecular flexibility index (Phi) is 4.16. The Balaban J connectivity index is 1.64. The molecule has 1 aliphatic rings. The maximum Gasteiger partial charge on any atom is 0.261 e. The van der Waals surface area contributed by atoms with Gasteiger partial charge in [-0.05, 0) is 42.1 Å². The van der Waals surface area contributed by atoms with Gasteiger partial charge in [0.15, 0.2) is 0 Å². The lowest BCUT2D eigenvalue weighted by atomic mass is 9.94. The predicted molar refractivity (Wildman–Crippen MR) is 104 cm³/mol. The molecular weight excluding hydrogens is 364 g/mol. The zero-order valence-electron chi connectivity index (χ0n) is 14.5. The quantitative estimate of drug-likeness (QED) is 0.699. The second-order valence-corrected chi connectivity index (χ2v) is 6.77. The summed E-state index contributed by atoms with van der Waals surface area (Å²) in [7, 11) is 0. The van der Waals surface area contributed by atoms with Crippen LogP contribution in [0.25, 0.3) is 10.8 Å². The minimum absolute atomic E-state index is 0.367. The maximum absolute atomic E-state index is 12.8. The van der Waals surface area contributed by atoms with Crippen molar-refractivity contribution in [1.82, 2.24) is 4.90 Å². The van der Waals surface area contributed by atoms with E-state index in [2.05, 4.69) is 5.32 Å². The van der Waals surface area contributed by atoms with Gasteiger partial charge in [0.1, 0.15) is 6.54 Å². The molecule has 1 heterocycles. The first kappa shape index (κ1) is 17.2. The van der Waals surface area contributed by atoms with Crippen LogP contribution in [0.4, 0.5) is 5.69 Å². The molecule has 0 unspecified atom stereocenters. The summed E-state index contributed by atoms with van der Waals surface area (Å²) >= 11 is 6.07. The zero-order chi connectivity index (χ0) is 19.1. The summed E-state index contributed by atoms with van der Waals surface area (Å²) in [6.45, 7) is 1.42. The lowest BCUT2D eigenvalue weighted by molar-refractivity contribution is -0.116. The van der Waals surface area contributed by atoms with Crippen LogP contribution in [0, 0.1) is 6.92 Å². The molecule has 0 spiro atoms. The molecule has 0 atom stereocenters. The van der Waals surface area contributed by atoms with Crippen molar-refractivity contribution in [2.24, 2.45) is 0 Å². The van der Waals surface area contributed by atoms with Gasteiger partial charge in [0.05, 0.1) is 0 Å². The van der Waals surface area contributed by atoms with Crippen LogP contribution >= 0.6 is 11.6 Å². The van der Waals surface area contributed by atoms with Gasteiger partial charge >= 0.3 is 0 Å². The standard InChI is InChI=1S/C21H15ClN2O3/c1-12-16(22)9-4-10-17(12)23-18(25)11-24-20(26)14-7-2-5-13-6-3-8-15(19(13)14)21(24)27/h2-10H,11H2,1H3,(H,23,25). The molecule has 5 nitrogen and oxygen atoms in total. The fraction of sp³-hybridized carbons (Fsp3) is 0.0952. The molecule has 0 aliphatic carbocycles. The largest absolute Gasteiger partial charge is 0.324 e. The van der Waals surface area contributed by atoms with Crippen molar-refractivity contribution in [3.63, 3.8) is 0 Å². The van der Waals surface area contributed by atoms with Crippen molar-refractivity contribution < 1.29 is 14.4 Å². The monoisotopic (exact) mass is 378 g/mol. The number of carbonyl (C=O) groups excluding carboxylic acids is 3. The minimum Gasteiger partial charge on any atom is -0.324 e. The Morgan fingerprint density at radius 2 is 1.56 bits per heavy atom. The van der Waals surface area contributed by atoms with Crippen molar-refractivity contribution in [3.05, 3.63) is 76.3 Å². The maximum atomic E-state index is 12.8. The van der Waals surface area contributed by atoms with E-state index in [9.17, 15) is 14.4 Å². The van der Waals surface area contributed by atoms with Gasteiger partial charge in [-0.15, -0.1) is 0 Å². The highest BCUT2D eigenvalue weighted by molar-refractivity contribution is 6.32. The Hall–Kier alpha value is -3.18. The van der Waals surface area contributed by atoms with Gasteiger partial charge in [-0.2, -0.15) is 0 Å². The van der Waals surface area contributed by atoms with Crippen LogP contribution in [-0.4, -0.2) is 29.2 Å². The summed E-state index contributed by atoms with van der Waals surface area (Å²) in [5, 5.41) is 4.71. The summed E-state index contributed by atoms with van der Waals surface area (Å²) < 4.78 is 0. The van der Waals surface area contributed by atoms with Gasteiger partial charge in [0.25, 0.3) is 11.8 Å². The SMILES string of the molecule is Cc1c(Cl)cccc1NC(=O)CN1C(=O)c2cccc3cccc(c23)C1=O. The lowest BCUT2D eigenvalue weighted by Gasteiger charge is -2.26. The Bertz CT molecular complexity index is 1070. The van der Waals surface area contributed by atoms with Gasteiger partial charge in [0, 0.05) is 27.2 Å². The number of benzene rings is 3. The summed E-state index contributed by atoms with van der Waals surface area (Å²) in [6, 6.07) is 15.8. The number of hydrogen-bond acceptors (Lipinski definition) is 3. The summed E-state index contributed by atoms with van der Waals surface area (Å²) in [4.78, 5) is 39.1. The topological polar surface area (TPSA) is 66.5 Å². The molecule has 3 aromatic rings. The smallest absolute Gasteiger partial charge is 0.261 e. The van der Waals surface area contributed by atoms with Crippen LogP contribution in [0.1, 0.15) is 26.3 Å². The van der Waals surface area contributed by atoms with Crippen LogP contribution < -0.4 is 5.32 Å². The van der Waals surface area contributed by atoms with Gasteiger partial charge in [-0.25, -0.2) is 0 Å². The zero-order valence-corrected chi connectivity index (χ0v) is 15.2. The van der Waals surface area contributed by atoms with Crippen molar-refractivity contribution in [2.45, 2.75) is 6.92 Å². The Labute approximate surface area is 160 Å². The fourth-order valence-corrected chi connectivity index (χ4v) is 3.47. The summed E-state index contributed by atoms with van der Waals surface area (Å²) in [6.07, 6.45) is 0. The lowest BCUT2D eigenvalue weighted by Crippen LogP contribution is -2.44. The highest BCUT2D eigenvalue weighted by Gasteiger charge is 2.33. The molecule has 0 saturated heterocycles. The van der Waals surface area contributed by atoms with Gasteiger partial charge < -0.3 is 5.32 Å². The number of nitrogens with zero attached hydrogens (tertiary/aromatic N) is 1. The van der Waals surface area contributed by atoms with Crippen molar-refractivity contribution in [1.29, 1.82) is 0 Å². The Morgan fingerprint density at radius 1 is 0.963 bits per heavy atom. The van der Waals surface area contributed by atoms with Crippen LogP contribution in [0.5, 0.6) is 0 Å². The Morgan fingerprint density at radius 3 is 2.19 bits per heavy atom. The number of imide groups is 1. The number of rotatable bonds is 3.